The molecule has 1 aliphatic rings. The fraction of sp³-hybridized carbons (Fsp3) is 0.400. The molecule has 0 unspecified atom stereocenters. The predicted molar refractivity (Wildman–Crippen MR) is 82.8 cm³/mol. The first kappa shape index (κ1) is 16.5. The van der Waals surface area contributed by atoms with E-state index in [1.54, 1.807) is 6.08 Å². The van der Waals surface area contributed by atoms with Crippen LogP contribution in [0.3, 0.4) is 0 Å². The molecular weight excluding hydrogens is 276 g/mol. The van der Waals surface area contributed by atoms with Gasteiger partial charge in [0.05, 0.1) is 0 Å². The van der Waals surface area contributed by atoms with Gasteiger partial charge in [-0.25, -0.2) is 0 Å². The second-order valence-electron chi connectivity index (χ2n) is 4.68. The first-order chi connectivity index (χ1) is 9.22. The molecule has 1 fully saturated rings. The Kier molecular flexibility index (Phi) is 6.55. The van der Waals surface area contributed by atoms with E-state index in [0.29, 0.717) is 12.2 Å². The zero-order chi connectivity index (χ0) is 13.7. The Morgan fingerprint density at radius 2 is 2.20 bits per heavy atom. The number of nitrogens with zero attached hydrogens (tertiary/aromatic N) is 1. The molecule has 0 spiro atoms. The largest absolute Gasteiger partial charge is 0.490 e. The molecule has 0 aliphatic carbocycles. The van der Waals surface area contributed by atoms with Crippen LogP contribution in [0.2, 0.25) is 0 Å². The summed E-state index contributed by atoms with van der Waals surface area (Å²) in [5.74, 6) is 0.842. The quantitative estimate of drug-likeness (QED) is 0.865. The van der Waals surface area contributed by atoms with Crippen molar-refractivity contribution in [2.75, 3.05) is 26.2 Å². The SMILES string of the molecule is C=CCOc1ccc(C(=O)N2CCNC[C@H]2C)cc1.Cl. The predicted octanol–water partition coefficient (Wildman–Crippen LogP) is 2.11. The van der Waals surface area contributed by atoms with Crippen LogP contribution in [-0.4, -0.2) is 43.1 Å². The number of piperazine rings is 1. The lowest BCUT2D eigenvalue weighted by Gasteiger charge is -2.34. The lowest BCUT2D eigenvalue weighted by Crippen LogP contribution is -2.52. The molecule has 110 valence electrons. The highest BCUT2D eigenvalue weighted by atomic mass is 35.5. The Morgan fingerprint density at radius 1 is 1.50 bits per heavy atom. The van der Waals surface area contributed by atoms with Crippen molar-refractivity contribution in [3.63, 3.8) is 0 Å². The lowest BCUT2D eigenvalue weighted by molar-refractivity contribution is 0.0655. The van der Waals surface area contributed by atoms with Crippen LogP contribution >= 0.6 is 12.4 Å². The van der Waals surface area contributed by atoms with Crippen molar-refractivity contribution >= 4 is 18.3 Å². The van der Waals surface area contributed by atoms with Crippen LogP contribution in [-0.2, 0) is 0 Å². The van der Waals surface area contributed by atoms with Crippen molar-refractivity contribution in [2.45, 2.75) is 13.0 Å². The third-order valence-corrected chi connectivity index (χ3v) is 3.23. The van der Waals surface area contributed by atoms with Crippen molar-refractivity contribution < 1.29 is 9.53 Å². The molecule has 1 aliphatic heterocycles. The van der Waals surface area contributed by atoms with E-state index in [1.807, 2.05) is 29.2 Å². The van der Waals surface area contributed by atoms with Crippen LogP contribution in [0.25, 0.3) is 0 Å². The van der Waals surface area contributed by atoms with E-state index in [1.165, 1.54) is 0 Å². The van der Waals surface area contributed by atoms with Crippen molar-refractivity contribution in [1.82, 2.24) is 10.2 Å². The molecule has 1 saturated heterocycles. The number of nitrogens with one attached hydrogen (secondary N) is 1. The number of halogens is 1. The number of ether oxygens (including phenoxy) is 1. The molecule has 5 heteroatoms. The van der Waals surface area contributed by atoms with E-state index in [9.17, 15) is 4.79 Å². The Labute approximate surface area is 126 Å². The van der Waals surface area contributed by atoms with Gasteiger partial charge in [0.15, 0.2) is 0 Å². The van der Waals surface area contributed by atoms with Gasteiger partial charge in [0.2, 0.25) is 0 Å². The highest BCUT2D eigenvalue weighted by Crippen LogP contribution is 2.15. The Bertz CT molecular complexity index is 448. The van der Waals surface area contributed by atoms with E-state index in [2.05, 4.69) is 18.8 Å². The normalized spacial score (nSPS) is 18.1. The summed E-state index contributed by atoms with van der Waals surface area (Å²) < 4.78 is 5.40. The Balaban J connectivity index is 0.00000200. The van der Waals surface area contributed by atoms with Crippen LogP contribution < -0.4 is 10.1 Å². The summed E-state index contributed by atoms with van der Waals surface area (Å²) in [5, 5.41) is 3.28. The van der Waals surface area contributed by atoms with E-state index in [4.69, 9.17) is 4.74 Å². The summed E-state index contributed by atoms with van der Waals surface area (Å²) in [6.07, 6.45) is 1.70. The highest BCUT2D eigenvalue weighted by molar-refractivity contribution is 5.94. The van der Waals surface area contributed by atoms with E-state index in [-0.39, 0.29) is 24.4 Å². The molecule has 20 heavy (non-hydrogen) atoms. The maximum atomic E-state index is 12.4. The maximum Gasteiger partial charge on any atom is 0.254 e. The van der Waals surface area contributed by atoms with Crippen LogP contribution in [0.15, 0.2) is 36.9 Å². The molecule has 4 nitrogen and oxygen atoms in total. The van der Waals surface area contributed by atoms with E-state index in [0.717, 1.165) is 25.4 Å². The molecule has 1 heterocycles. The summed E-state index contributed by atoms with van der Waals surface area (Å²) >= 11 is 0. The van der Waals surface area contributed by atoms with Crippen molar-refractivity contribution in [3.05, 3.63) is 42.5 Å². The molecule has 0 radical (unpaired) electrons. The number of benzene rings is 1. The second kappa shape index (κ2) is 7.92. The summed E-state index contributed by atoms with van der Waals surface area (Å²) in [4.78, 5) is 14.3. The number of hydrogen-bond acceptors (Lipinski definition) is 3. The molecule has 1 N–H and O–H groups in total. The van der Waals surface area contributed by atoms with Crippen molar-refractivity contribution in [1.29, 1.82) is 0 Å². The van der Waals surface area contributed by atoms with Gasteiger partial charge < -0.3 is 15.0 Å². The van der Waals surface area contributed by atoms with Gasteiger partial charge >= 0.3 is 0 Å². The average Bonchev–Trinajstić information content (AvgIpc) is 2.45. The van der Waals surface area contributed by atoms with E-state index >= 15 is 0 Å². The van der Waals surface area contributed by atoms with Gasteiger partial charge in [-0.05, 0) is 31.2 Å². The minimum atomic E-state index is 0. The molecule has 1 aromatic rings. The first-order valence-corrected chi connectivity index (χ1v) is 6.58. The van der Waals surface area contributed by atoms with Gasteiger partial charge in [0.1, 0.15) is 12.4 Å². The topological polar surface area (TPSA) is 41.6 Å². The third kappa shape index (κ3) is 3.99. The Hall–Kier alpha value is -1.52. The van der Waals surface area contributed by atoms with Gasteiger partial charge in [-0.2, -0.15) is 0 Å². The number of rotatable bonds is 4. The summed E-state index contributed by atoms with van der Waals surface area (Å²) in [6, 6.07) is 7.51. The van der Waals surface area contributed by atoms with Gasteiger partial charge in [-0.1, -0.05) is 12.7 Å². The minimum Gasteiger partial charge on any atom is -0.490 e. The second-order valence-corrected chi connectivity index (χ2v) is 4.68. The number of carbonyl (C=O) groups is 1. The molecule has 2 rings (SSSR count). The van der Waals surface area contributed by atoms with Gasteiger partial charge in [0, 0.05) is 31.2 Å². The number of carbonyl (C=O) groups excluding carboxylic acids is 1. The highest BCUT2D eigenvalue weighted by Gasteiger charge is 2.23. The molecule has 0 saturated carbocycles. The van der Waals surface area contributed by atoms with Crippen molar-refractivity contribution in [2.24, 2.45) is 0 Å². The van der Waals surface area contributed by atoms with Crippen LogP contribution in [0.1, 0.15) is 17.3 Å². The average molecular weight is 297 g/mol. The first-order valence-electron chi connectivity index (χ1n) is 6.58. The zero-order valence-electron chi connectivity index (χ0n) is 11.7. The summed E-state index contributed by atoms with van der Waals surface area (Å²) in [7, 11) is 0. The molecular formula is C15H21ClN2O2. The Morgan fingerprint density at radius 3 is 2.80 bits per heavy atom. The van der Waals surface area contributed by atoms with Gasteiger partial charge in [-0.3, -0.25) is 4.79 Å². The molecule has 1 amide bonds. The maximum absolute atomic E-state index is 12.4. The van der Waals surface area contributed by atoms with Crippen LogP contribution in [0.4, 0.5) is 0 Å². The molecule has 0 aromatic heterocycles. The molecule has 1 atom stereocenters. The van der Waals surface area contributed by atoms with Gasteiger partial charge in [0.25, 0.3) is 5.91 Å². The third-order valence-electron chi connectivity index (χ3n) is 3.23. The number of amides is 1. The van der Waals surface area contributed by atoms with Crippen LogP contribution in [0, 0.1) is 0 Å². The van der Waals surface area contributed by atoms with Crippen LogP contribution in [0.5, 0.6) is 5.75 Å². The number of hydrogen-bond donors (Lipinski definition) is 1. The van der Waals surface area contributed by atoms with E-state index < -0.39 is 0 Å². The zero-order valence-corrected chi connectivity index (χ0v) is 12.5. The summed E-state index contributed by atoms with van der Waals surface area (Å²) in [5.41, 5.74) is 0.708. The fourth-order valence-corrected chi connectivity index (χ4v) is 2.16. The lowest BCUT2D eigenvalue weighted by atomic mass is 10.1. The molecule has 0 bridgehead atoms. The summed E-state index contributed by atoms with van der Waals surface area (Å²) in [6.45, 7) is 8.60. The smallest absolute Gasteiger partial charge is 0.254 e. The minimum absolute atomic E-state index is 0. The van der Waals surface area contributed by atoms with Gasteiger partial charge in [-0.15, -0.1) is 12.4 Å². The standard InChI is InChI=1S/C15H20N2O2.ClH/c1-3-10-19-14-6-4-13(5-7-14)15(18)17-9-8-16-11-12(17)2;/h3-7,12,16H,1,8-11H2,2H3;1H/t12-;/m1./s1. The van der Waals surface area contributed by atoms with Crippen molar-refractivity contribution in [3.8, 4) is 5.75 Å². The fourth-order valence-electron chi connectivity index (χ4n) is 2.16. The molecule has 1 aromatic carbocycles. The monoisotopic (exact) mass is 296 g/mol.